The van der Waals surface area contributed by atoms with Crippen LogP contribution in [0.2, 0.25) is 0 Å². The van der Waals surface area contributed by atoms with Crippen molar-refractivity contribution >= 4 is 5.97 Å². The number of ether oxygens (including phenoxy) is 1. The summed E-state index contributed by atoms with van der Waals surface area (Å²) < 4.78 is 7.25. The van der Waals surface area contributed by atoms with Crippen molar-refractivity contribution in [1.82, 2.24) is 9.55 Å². The Labute approximate surface area is 119 Å². The molecule has 0 bridgehead atoms. The van der Waals surface area contributed by atoms with Crippen molar-refractivity contribution in [3.8, 4) is 0 Å². The molecule has 4 nitrogen and oxygen atoms in total. The molecule has 106 valence electrons. The number of carbonyl (C=O) groups is 1. The summed E-state index contributed by atoms with van der Waals surface area (Å²) in [4.78, 5) is 16.3. The molecule has 0 fully saturated rings. The molecule has 0 radical (unpaired) electrons. The first-order valence-corrected chi connectivity index (χ1v) is 6.68. The second kappa shape index (κ2) is 5.49. The Morgan fingerprint density at radius 1 is 1.25 bits per heavy atom. The smallest absolute Gasteiger partial charge is 0.357 e. The average molecular weight is 272 g/mol. The highest BCUT2D eigenvalue weighted by Crippen LogP contribution is 2.21. The molecular weight excluding hydrogens is 252 g/mol. The van der Waals surface area contributed by atoms with Gasteiger partial charge in [0.1, 0.15) is 11.3 Å². The third-order valence-electron chi connectivity index (χ3n) is 2.97. The quantitative estimate of drug-likeness (QED) is 0.804. The van der Waals surface area contributed by atoms with E-state index in [0.29, 0.717) is 5.69 Å². The van der Waals surface area contributed by atoms with Gasteiger partial charge in [-0.2, -0.15) is 0 Å². The van der Waals surface area contributed by atoms with Crippen LogP contribution in [-0.4, -0.2) is 21.1 Å². The van der Waals surface area contributed by atoms with Crippen LogP contribution in [-0.2, 0) is 4.74 Å². The minimum atomic E-state index is -0.512. The summed E-state index contributed by atoms with van der Waals surface area (Å²) in [5.74, 6) is -0.349. The van der Waals surface area contributed by atoms with Crippen LogP contribution in [0.5, 0.6) is 0 Å². The van der Waals surface area contributed by atoms with E-state index < -0.39 is 5.60 Å². The number of aromatic nitrogens is 2. The zero-order chi connectivity index (χ0) is 14.8. The van der Waals surface area contributed by atoms with Crippen molar-refractivity contribution in [2.45, 2.75) is 39.3 Å². The molecule has 0 N–H and O–H groups in total. The van der Waals surface area contributed by atoms with E-state index in [0.717, 1.165) is 5.56 Å². The summed E-state index contributed by atoms with van der Waals surface area (Å²) in [5.41, 5.74) is 1.08. The van der Waals surface area contributed by atoms with Crippen LogP contribution in [0.1, 0.15) is 49.8 Å². The lowest BCUT2D eigenvalue weighted by atomic mass is 10.1. The van der Waals surface area contributed by atoms with Crippen LogP contribution in [0, 0.1) is 0 Å². The number of carbonyl (C=O) groups excluding carboxylic acids is 1. The van der Waals surface area contributed by atoms with Gasteiger partial charge in [-0.05, 0) is 33.3 Å². The van der Waals surface area contributed by atoms with Crippen LogP contribution in [0.25, 0.3) is 0 Å². The second-order valence-electron chi connectivity index (χ2n) is 5.77. The molecule has 0 aliphatic carbocycles. The van der Waals surface area contributed by atoms with Gasteiger partial charge in [-0.15, -0.1) is 0 Å². The van der Waals surface area contributed by atoms with Gasteiger partial charge in [-0.1, -0.05) is 30.3 Å². The van der Waals surface area contributed by atoms with Crippen LogP contribution in [0.4, 0.5) is 0 Å². The molecular formula is C16H20N2O2. The van der Waals surface area contributed by atoms with Crippen molar-refractivity contribution in [2.24, 2.45) is 0 Å². The van der Waals surface area contributed by atoms with Gasteiger partial charge in [0.2, 0.25) is 0 Å². The fraction of sp³-hybridized carbons (Fsp3) is 0.375. The molecule has 1 heterocycles. The Hall–Kier alpha value is -2.10. The van der Waals surface area contributed by atoms with Gasteiger partial charge in [0.15, 0.2) is 0 Å². The highest BCUT2D eigenvalue weighted by molar-refractivity contribution is 5.87. The Kier molecular flexibility index (Phi) is 3.93. The zero-order valence-electron chi connectivity index (χ0n) is 12.3. The summed E-state index contributed by atoms with van der Waals surface area (Å²) in [5, 5.41) is 0. The van der Waals surface area contributed by atoms with Gasteiger partial charge in [0.05, 0.1) is 18.6 Å². The van der Waals surface area contributed by atoms with Gasteiger partial charge < -0.3 is 9.30 Å². The maximum absolute atomic E-state index is 12.2. The molecule has 1 aromatic carbocycles. The first-order chi connectivity index (χ1) is 9.38. The number of benzene rings is 1. The maximum atomic E-state index is 12.2. The van der Waals surface area contributed by atoms with Gasteiger partial charge in [0, 0.05) is 0 Å². The van der Waals surface area contributed by atoms with Gasteiger partial charge in [-0.3, -0.25) is 0 Å². The lowest BCUT2D eigenvalue weighted by Crippen LogP contribution is -2.26. The summed E-state index contributed by atoms with van der Waals surface area (Å²) in [6.45, 7) is 7.59. The monoisotopic (exact) mass is 272 g/mol. The van der Waals surface area contributed by atoms with E-state index in [2.05, 4.69) is 4.98 Å². The molecule has 0 aliphatic heterocycles. The average Bonchev–Trinajstić information content (AvgIpc) is 2.86. The maximum Gasteiger partial charge on any atom is 0.357 e. The molecule has 1 aromatic heterocycles. The lowest BCUT2D eigenvalue weighted by molar-refractivity contribution is 0.00567. The highest BCUT2D eigenvalue weighted by atomic mass is 16.6. The molecule has 0 aliphatic rings. The van der Waals surface area contributed by atoms with E-state index in [9.17, 15) is 4.79 Å². The minimum absolute atomic E-state index is 0.0289. The van der Waals surface area contributed by atoms with Crippen LogP contribution in [0.3, 0.4) is 0 Å². The molecule has 2 aromatic rings. The standard InChI is InChI=1S/C16H20N2O2/c1-12(13-8-6-5-7-9-13)18-11-17-10-14(18)15(19)20-16(2,3)4/h5-12H,1-4H3. The van der Waals surface area contributed by atoms with E-state index in [1.54, 1.807) is 12.5 Å². The summed E-state index contributed by atoms with van der Waals surface area (Å²) in [7, 11) is 0. The van der Waals surface area contributed by atoms with Crippen molar-refractivity contribution in [2.75, 3.05) is 0 Å². The van der Waals surface area contributed by atoms with Gasteiger partial charge in [-0.25, -0.2) is 9.78 Å². The van der Waals surface area contributed by atoms with Crippen LogP contribution in [0.15, 0.2) is 42.9 Å². The predicted molar refractivity (Wildman–Crippen MR) is 77.7 cm³/mol. The van der Waals surface area contributed by atoms with Crippen molar-refractivity contribution in [3.63, 3.8) is 0 Å². The number of rotatable bonds is 3. The summed E-state index contributed by atoms with van der Waals surface area (Å²) >= 11 is 0. The predicted octanol–water partition coefficient (Wildman–Crippen LogP) is 3.45. The first-order valence-electron chi connectivity index (χ1n) is 6.68. The molecule has 0 saturated heterocycles. The third kappa shape index (κ3) is 3.26. The largest absolute Gasteiger partial charge is 0.455 e. The highest BCUT2D eigenvalue weighted by Gasteiger charge is 2.22. The normalized spacial score (nSPS) is 13.0. The summed E-state index contributed by atoms with van der Waals surface area (Å²) in [6.07, 6.45) is 3.21. The Morgan fingerprint density at radius 3 is 2.50 bits per heavy atom. The molecule has 0 saturated carbocycles. The topological polar surface area (TPSA) is 44.1 Å². The SMILES string of the molecule is CC(c1ccccc1)n1cncc1C(=O)OC(C)(C)C. The van der Waals surface area contributed by atoms with E-state index in [1.165, 1.54) is 0 Å². The van der Waals surface area contributed by atoms with Crippen molar-refractivity contribution < 1.29 is 9.53 Å². The van der Waals surface area contributed by atoms with Gasteiger partial charge in [0.25, 0.3) is 0 Å². The van der Waals surface area contributed by atoms with Crippen molar-refractivity contribution in [3.05, 3.63) is 54.1 Å². The molecule has 1 atom stereocenters. The van der Waals surface area contributed by atoms with E-state index in [4.69, 9.17) is 4.74 Å². The zero-order valence-corrected chi connectivity index (χ0v) is 12.3. The number of imidazole rings is 1. The van der Waals surface area contributed by atoms with E-state index in [-0.39, 0.29) is 12.0 Å². The lowest BCUT2D eigenvalue weighted by Gasteiger charge is -2.21. The Balaban J connectivity index is 2.27. The molecule has 1 unspecified atom stereocenters. The minimum Gasteiger partial charge on any atom is -0.455 e. The number of nitrogens with zero attached hydrogens (tertiary/aromatic N) is 2. The second-order valence-corrected chi connectivity index (χ2v) is 5.77. The Morgan fingerprint density at radius 2 is 1.90 bits per heavy atom. The molecule has 0 amide bonds. The van der Waals surface area contributed by atoms with Crippen LogP contribution < -0.4 is 0 Å². The van der Waals surface area contributed by atoms with Gasteiger partial charge >= 0.3 is 5.97 Å². The summed E-state index contributed by atoms with van der Waals surface area (Å²) in [6, 6.07) is 10.0. The number of hydrogen-bond acceptors (Lipinski definition) is 3. The fourth-order valence-electron chi connectivity index (χ4n) is 1.99. The van der Waals surface area contributed by atoms with E-state index in [1.807, 2.05) is 62.6 Å². The number of esters is 1. The first kappa shape index (κ1) is 14.3. The molecule has 4 heteroatoms. The third-order valence-corrected chi connectivity index (χ3v) is 2.97. The Bertz CT molecular complexity index is 582. The fourth-order valence-corrected chi connectivity index (χ4v) is 1.99. The van der Waals surface area contributed by atoms with Crippen molar-refractivity contribution in [1.29, 1.82) is 0 Å². The van der Waals surface area contributed by atoms with E-state index >= 15 is 0 Å². The molecule has 0 spiro atoms. The molecule has 20 heavy (non-hydrogen) atoms. The molecule has 2 rings (SSSR count). The van der Waals surface area contributed by atoms with Crippen LogP contribution >= 0.6 is 0 Å². The number of hydrogen-bond donors (Lipinski definition) is 0.